The van der Waals surface area contributed by atoms with Gasteiger partial charge in [-0.3, -0.25) is 0 Å². The fourth-order valence-electron chi connectivity index (χ4n) is 1.10. The Bertz CT molecular complexity index is 383. The Balaban J connectivity index is 2.49. The molecular formula is C10H9ClF5N. The average molecular weight is 274 g/mol. The van der Waals surface area contributed by atoms with Crippen LogP contribution in [0.5, 0.6) is 0 Å². The third kappa shape index (κ3) is 4.12. The van der Waals surface area contributed by atoms with Crippen LogP contribution in [0, 0.1) is 5.82 Å². The topological polar surface area (TPSA) is 12.0 Å². The summed E-state index contributed by atoms with van der Waals surface area (Å²) in [5.41, 5.74) is 0.344. The molecular weight excluding hydrogens is 265 g/mol. The molecule has 0 saturated carbocycles. The van der Waals surface area contributed by atoms with Crippen molar-refractivity contribution in [3.8, 4) is 0 Å². The summed E-state index contributed by atoms with van der Waals surface area (Å²) in [5, 5.41) is 2.04. The van der Waals surface area contributed by atoms with E-state index < -0.39 is 24.7 Å². The second kappa shape index (κ2) is 5.64. The Labute approximate surface area is 99.6 Å². The first kappa shape index (κ1) is 14.2. The molecule has 0 amide bonds. The second-order valence-corrected chi connectivity index (χ2v) is 3.82. The lowest BCUT2D eigenvalue weighted by molar-refractivity contribution is -0.125. The Kier molecular flexibility index (Phi) is 4.70. The smallest absolute Gasteiger partial charge is 0.307 e. The van der Waals surface area contributed by atoms with Crippen molar-refractivity contribution in [2.45, 2.75) is 18.9 Å². The molecule has 0 radical (unpaired) electrons. The molecule has 1 rings (SSSR count). The van der Waals surface area contributed by atoms with Gasteiger partial charge in [0, 0.05) is 6.54 Å². The molecule has 7 heteroatoms. The van der Waals surface area contributed by atoms with Crippen LogP contribution in [0.25, 0.3) is 0 Å². The molecule has 0 aliphatic carbocycles. The van der Waals surface area contributed by atoms with Gasteiger partial charge in [-0.05, 0) is 17.7 Å². The summed E-state index contributed by atoms with van der Waals surface area (Å²) in [6, 6.07) is 3.73. The van der Waals surface area contributed by atoms with E-state index in [1.54, 1.807) is 0 Å². The van der Waals surface area contributed by atoms with Crippen LogP contribution in [0.15, 0.2) is 18.2 Å². The molecule has 17 heavy (non-hydrogen) atoms. The van der Waals surface area contributed by atoms with E-state index in [9.17, 15) is 22.0 Å². The largest absolute Gasteiger partial charge is 0.319 e. The molecule has 1 N–H and O–H groups in total. The van der Waals surface area contributed by atoms with Gasteiger partial charge in [0.25, 0.3) is 0 Å². The van der Waals surface area contributed by atoms with Crippen molar-refractivity contribution in [3.05, 3.63) is 34.6 Å². The van der Waals surface area contributed by atoms with Gasteiger partial charge in [-0.25, -0.2) is 13.2 Å². The van der Waals surface area contributed by atoms with Crippen molar-refractivity contribution in [1.29, 1.82) is 0 Å². The zero-order valence-electron chi connectivity index (χ0n) is 8.49. The third-order valence-corrected chi connectivity index (χ3v) is 2.30. The Morgan fingerprint density at radius 3 is 2.47 bits per heavy atom. The van der Waals surface area contributed by atoms with E-state index in [0.29, 0.717) is 5.56 Å². The fourth-order valence-corrected chi connectivity index (χ4v) is 1.22. The standard InChI is InChI=1S/C10H9ClF5N/c11-7-2-1-6(3-8(7)12)4-17-5-10(15,16)9(13)14/h1-3,9,17H,4-5H2. The summed E-state index contributed by atoms with van der Waals surface area (Å²) in [6.45, 7) is -1.31. The number of halogens is 6. The Morgan fingerprint density at radius 2 is 1.94 bits per heavy atom. The highest BCUT2D eigenvalue weighted by Gasteiger charge is 2.39. The monoisotopic (exact) mass is 273 g/mol. The van der Waals surface area contributed by atoms with E-state index in [0.717, 1.165) is 6.07 Å². The van der Waals surface area contributed by atoms with Gasteiger partial charge in [0.15, 0.2) is 0 Å². The van der Waals surface area contributed by atoms with Crippen LogP contribution in [0.2, 0.25) is 5.02 Å². The Morgan fingerprint density at radius 1 is 1.29 bits per heavy atom. The molecule has 0 heterocycles. The lowest BCUT2D eigenvalue weighted by atomic mass is 10.2. The molecule has 0 saturated heterocycles. The van der Waals surface area contributed by atoms with Gasteiger partial charge in [0.05, 0.1) is 11.6 Å². The van der Waals surface area contributed by atoms with Gasteiger partial charge in [-0.15, -0.1) is 0 Å². The number of nitrogens with one attached hydrogen (secondary N) is 1. The summed E-state index contributed by atoms with van der Waals surface area (Å²) in [7, 11) is 0. The number of alkyl halides is 4. The van der Waals surface area contributed by atoms with Gasteiger partial charge in [0.1, 0.15) is 5.82 Å². The maximum atomic E-state index is 12.9. The molecule has 0 aliphatic heterocycles. The highest BCUT2D eigenvalue weighted by atomic mass is 35.5. The predicted octanol–water partition coefficient (Wildman–Crippen LogP) is 3.47. The van der Waals surface area contributed by atoms with Crippen LogP contribution in [-0.2, 0) is 6.54 Å². The lowest BCUT2D eigenvalue weighted by Crippen LogP contribution is -2.38. The second-order valence-electron chi connectivity index (χ2n) is 3.41. The first-order valence-corrected chi connectivity index (χ1v) is 5.01. The van der Waals surface area contributed by atoms with Gasteiger partial charge in [0.2, 0.25) is 0 Å². The number of benzene rings is 1. The number of hydrogen-bond acceptors (Lipinski definition) is 1. The highest BCUT2D eigenvalue weighted by Crippen LogP contribution is 2.21. The summed E-state index contributed by atoms with van der Waals surface area (Å²) < 4.78 is 61.5. The maximum absolute atomic E-state index is 12.9. The molecule has 0 atom stereocenters. The summed E-state index contributed by atoms with van der Waals surface area (Å²) in [6.07, 6.45) is -3.73. The van der Waals surface area contributed by atoms with Gasteiger partial charge >= 0.3 is 12.3 Å². The van der Waals surface area contributed by atoms with E-state index in [1.807, 2.05) is 0 Å². The van der Waals surface area contributed by atoms with E-state index in [4.69, 9.17) is 11.6 Å². The van der Waals surface area contributed by atoms with E-state index in [2.05, 4.69) is 5.32 Å². The minimum absolute atomic E-state index is 0.0911. The zero-order chi connectivity index (χ0) is 13.1. The van der Waals surface area contributed by atoms with Crippen molar-refractivity contribution in [2.24, 2.45) is 0 Å². The van der Waals surface area contributed by atoms with Crippen molar-refractivity contribution >= 4 is 11.6 Å². The first-order chi connectivity index (χ1) is 7.83. The normalized spacial score (nSPS) is 12.2. The van der Waals surface area contributed by atoms with Gasteiger partial charge in [-0.1, -0.05) is 17.7 Å². The minimum atomic E-state index is -4.09. The number of hydrogen-bond donors (Lipinski definition) is 1. The van der Waals surface area contributed by atoms with Crippen molar-refractivity contribution in [3.63, 3.8) is 0 Å². The lowest BCUT2D eigenvalue weighted by Gasteiger charge is -2.15. The summed E-state index contributed by atoms with van der Waals surface area (Å²) >= 11 is 5.41. The van der Waals surface area contributed by atoms with Crippen LogP contribution in [-0.4, -0.2) is 18.9 Å². The molecule has 0 fully saturated rings. The van der Waals surface area contributed by atoms with Crippen molar-refractivity contribution in [2.75, 3.05) is 6.54 Å². The quantitative estimate of drug-likeness (QED) is 0.810. The maximum Gasteiger partial charge on any atom is 0.319 e. The van der Waals surface area contributed by atoms with Crippen LogP contribution < -0.4 is 5.32 Å². The number of rotatable bonds is 5. The van der Waals surface area contributed by atoms with Crippen LogP contribution in [0.3, 0.4) is 0 Å². The van der Waals surface area contributed by atoms with Gasteiger partial charge in [-0.2, -0.15) is 8.78 Å². The molecule has 1 aromatic rings. The molecule has 0 bridgehead atoms. The minimum Gasteiger partial charge on any atom is -0.307 e. The van der Waals surface area contributed by atoms with E-state index >= 15 is 0 Å². The molecule has 0 unspecified atom stereocenters. The van der Waals surface area contributed by atoms with Crippen LogP contribution in [0.1, 0.15) is 5.56 Å². The van der Waals surface area contributed by atoms with Crippen molar-refractivity contribution < 1.29 is 22.0 Å². The van der Waals surface area contributed by atoms with Gasteiger partial charge < -0.3 is 5.32 Å². The zero-order valence-corrected chi connectivity index (χ0v) is 9.25. The molecule has 1 aromatic carbocycles. The van der Waals surface area contributed by atoms with E-state index in [1.165, 1.54) is 12.1 Å². The first-order valence-electron chi connectivity index (χ1n) is 4.63. The highest BCUT2D eigenvalue weighted by molar-refractivity contribution is 6.30. The van der Waals surface area contributed by atoms with Crippen molar-refractivity contribution in [1.82, 2.24) is 5.32 Å². The van der Waals surface area contributed by atoms with E-state index in [-0.39, 0.29) is 11.6 Å². The SMILES string of the molecule is Fc1cc(CNCC(F)(F)C(F)F)ccc1Cl. The van der Waals surface area contributed by atoms with Crippen LogP contribution in [0.4, 0.5) is 22.0 Å². The summed E-state index contributed by atoms with van der Waals surface area (Å²) in [4.78, 5) is 0. The molecule has 96 valence electrons. The molecule has 0 aliphatic rings. The molecule has 0 spiro atoms. The molecule has 1 nitrogen and oxygen atoms in total. The summed E-state index contributed by atoms with van der Waals surface area (Å²) in [5.74, 6) is -4.78. The third-order valence-electron chi connectivity index (χ3n) is 1.99. The average Bonchev–Trinajstić information content (AvgIpc) is 2.23. The fraction of sp³-hybridized carbons (Fsp3) is 0.400. The Hall–Kier alpha value is -0.880. The van der Waals surface area contributed by atoms with Crippen LogP contribution >= 0.6 is 11.6 Å². The predicted molar refractivity (Wildman–Crippen MR) is 54.1 cm³/mol. The molecule has 0 aromatic heterocycles.